The summed E-state index contributed by atoms with van der Waals surface area (Å²) in [4.78, 5) is 15.0. The number of aromatic nitrogens is 3. The Hall–Kier alpha value is -2.05. The normalized spacial score (nSPS) is 26.8. The summed E-state index contributed by atoms with van der Waals surface area (Å²) in [5, 5.41) is 0. The standard InChI is InChI=1S/C18H22N4O2/c1-3-15(10-19-5-1)12-23-16-9-18(24-13-16)4-2-8-22(14-18)17-11-20-6-7-21-17/h1,3,5-7,10-11,16H,2,4,8-9,12-14H2/t16-,18-/m1/s1. The number of hydrogen-bond acceptors (Lipinski definition) is 6. The van der Waals surface area contributed by atoms with Crippen LogP contribution in [0.3, 0.4) is 0 Å². The lowest BCUT2D eigenvalue weighted by Gasteiger charge is -2.40. The summed E-state index contributed by atoms with van der Waals surface area (Å²) < 4.78 is 12.2. The Morgan fingerprint density at radius 2 is 2.21 bits per heavy atom. The molecule has 2 aromatic rings. The van der Waals surface area contributed by atoms with Gasteiger partial charge in [0, 0.05) is 44.3 Å². The molecule has 126 valence electrons. The summed E-state index contributed by atoms with van der Waals surface area (Å²) in [5.74, 6) is 0.930. The number of ether oxygens (including phenoxy) is 2. The lowest BCUT2D eigenvalue weighted by Crippen LogP contribution is -2.48. The third-order valence-electron chi connectivity index (χ3n) is 4.80. The van der Waals surface area contributed by atoms with Crippen molar-refractivity contribution >= 4 is 5.82 Å². The minimum atomic E-state index is -0.116. The highest BCUT2D eigenvalue weighted by molar-refractivity contribution is 5.36. The minimum absolute atomic E-state index is 0.116. The second kappa shape index (κ2) is 6.83. The van der Waals surface area contributed by atoms with Crippen molar-refractivity contribution in [3.05, 3.63) is 48.7 Å². The van der Waals surface area contributed by atoms with E-state index in [-0.39, 0.29) is 11.7 Å². The first-order valence-electron chi connectivity index (χ1n) is 8.48. The topological polar surface area (TPSA) is 60.4 Å². The molecule has 6 nitrogen and oxygen atoms in total. The van der Waals surface area contributed by atoms with Gasteiger partial charge in [0.2, 0.25) is 0 Å². The van der Waals surface area contributed by atoms with Gasteiger partial charge in [0.15, 0.2) is 0 Å². The van der Waals surface area contributed by atoms with Crippen LogP contribution in [0.1, 0.15) is 24.8 Å². The average Bonchev–Trinajstić information content (AvgIpc) is 3.04. The van der Waals surface area contributed by atoms with Gasteiger partial charge < -0.3 is 14.4 Å². The molecular formula is C18H22N4O2. The van der Waals surface area contributed by atoms with Crippen molar-refractivity contribution in [1.29, 1.82) is 0 Å². The summed E-state index contributed by atoms with van der Waals surface area (Å²) in [6.45, 7) is 3.11. The van der Waals surface area contributed by atoms with Crippen molar-refractivity contribution < 1.29 is 9.47 Å². The van der Waals surface area contributed by atoms with E-state index in [1.807, 2.05) is 24.5 Å². The molecule has 0 amide bonds. The molecule has 0 bridgehead atoms. The molecule has 0 saturated carbocycles. The van der Waals surface area contributed by atoms with Crippen LogP contribution in [0.2, 0.25) is 0 Å². The number of rotatable bonds is 4. The van der Waals surface area contributed by atoms with Crippen LogP contribution in [0.15, 0.2) is 43.1 Å². The fourth-order valence-electron chi connectivity index (χ4n) is 3.64. The molecule has 2 atom stereocenters. The molecule has 0 aromatic carbocycles. The maximum Gasteiger partial charge on any atom is 0.147 e. The van der Waals surface area contributed by atoms with Gasteiger partial charge in [-0.15, -0.1) is 0 Å². The van der Waals surface area contributed by atoms with Crippen LogP contribution in [0.5, 0.6) is 0 Å². The molecule has 0 unspecified atom stereocenters. The predicted molar refractivity (Wildman–Crippen MR) is 89.6 cm³/mol. The molecular weight excluding hydrogens is 304 g/mol. The molecule has 6 heteroatoms. The zero-order valence-electron chi connectivity index (χ0n) is 13.7. The molecule has 4 rings (SSSR count). The molecule has 24 heavy (non-hydrogen) atoms. The van der Waals surface area contributed by atoms with Gasteiger partial charge in [0.25, 0.3) is 0 Å². The summed E-state index contributed by atoms with van der Waals surface area (Å²) in [6.07, 6.45) is 12.2. The van der Waals surface area contributed by atoms with E-state index in [1.54, 1.807) is 18.6 Å². The Morgan fingerprint density at radius 3 is 3.04 bits per heavy atom. The van der Waals surface area contributed by atoms with E-state index < -0.39 is 0 Å². The van der Waals surface area contributed by atoms with E-state index in [9.17, 15) is 0 Å². The number of anilines is 1. The fourth-order valence-corrected chi connectivity index (χ4v) is 3.64. The van der Waals surface area contributed by atoms with Gasteiger partial charge >= 0.3 is 0 Å². The molecule has 1 spiro atoms. The van der Waals surface area contributed by atoms with E-state index in [4.69, 9.17) is 9.47 Å². The van der Waals surface area contributed by atoms with E-state index in [2.05, 4.69) is 19.9 Å². The third-order valence-corrected chi connectivity index (χ3v) is 4.80. The van der Waals surface area contributed by atoms with Crippen LogP contribution in [0.25, 0.3) is 0 Å². The second-order valence-corrected chi connectivity index (χ2v) is 6.58. The smallest absolute Gasteiger partial charge is 0.147 e. The van der Waals surface area contributed by atoms with Gasteiger partial charge in [-0.1, -0.05) is 6.07 Å². The van der Waals surface area contributed by atoms with Gasteiger partial charge in [-0.05, 0) is 24.5 Å². The van der Waals surface area contributed by atoms with E-state index in [0.717, 1.165) is 43.7 Å². The van der Waals surface area contributed by atoms with E-state index in [1.165, 1.54) is 0 Å². The molecule has 0 N–H and O–H groups in total. The van der Waals surface area contributed by atoms with E-state index in [0.29, 0.717) is 13.2 Å². The number of pyridine rings is 1. The van der Waals surface area contributed by atoms with Crippen molar-refractivity contribution in [2.24, 2.45) is 0 Å². The lowest BCUT2D eigenvalue weighted by atomic mass is 9.89. The highest BCUT2D eigenvalue weighted by Gasteiger charge is 2.44. The van der Waals surface area contributed by atoms with Gasteiger partial charge in [-0.25, -0.2) is 4.98 Å². The third kappa shape index (κ3) is 3.39. The Kier molecular flexibility index (Phi) is 4.40. The summed E-state index contributed by atoms with van der Waals surface area (Å²) in [7, 11) is 0. The largest absolute Gasteiger partial charge is 0.371 e. The first-order chi connectivity index (χ1) is 11.8. The van der Waals surface area contributed by atoms with Crippen molar-refractivity contribution in [3.63, 3.8) is 0 Å². The van der Waals surface area contributed by atoms with Crippen molar-refractivity contribution in [1.82, 2.24) is 15.0 Å². The number of piperidine rings is 1. The Labute approximate surface area is 141 Å². The van der Waals surface area contributed by atoms with Gasteiger partial charge in [-0.2, -0.15) is 0 Å². The van der Waals surface area contributed by atoms with Crippen molar-refractivity contribution in [2.45, 2.75) is 37.6 Å². The second-order valence-electron chi connectivity index (χ2n) is 6.58. The molecule has 0 radical (unpaired) electrons. The predicted octanol–water partition coefficient (Wildman–Crippen LogP) is 2.22. The molecule has 0 aliphatic carbocycles. The maximum atomic E-state index is 6.20. The van der Waals surface area contributed by atoms with Gasteiger partial charge in [0.05, 0.1) is 31.1 Å². The van der Waals surface area contributed by atoms with E-state index >= 15 is 0 Å². The van der Waals surface area contributed by atoms with Crippen LogP contribution < -0.4 is 4.90 Å². The highest BCUT2D eigenvalue weighted by atomic mass is 16.6. The maximum absolute atomic E-state index is 6.20. The van der Waals surface area contributed by atoms with Gasteiger partial charge in [-0.3, -0.25) is 9.97 Å². The first kappa shape index (κ1) is 15.5. The minimum Gasteiger partial charge on any atom is -0.371 e. The summed E-state index contributed by atoms with van der Waals surface area (Å²) in [6, 6.07) is 3.97. The monoisotopic (exact) mass is 326 g/mol. The fraction of sp³-hybridized carbons (Fsp3) is 0.500. The first-order valence-corrected chi connectivity index (χ1v) is 8.48. The highest BCUT2D eigenvalue weighted by Crippen LogP contribution is 2.37. The summed E-state index contributed by atoms with van der Waals surface area (Å²) in [5.41, 5.74) is 0.985. The average molecular weight is 326 g/mol. The van der Waals surface area contributed by atoms with Crippen molar-refractivity contribution in [3.8, 4) is 0 Å². The molecule has 2 fully saturated rings. The van der Waals surface area contributed by atoms with Crippen LogP contribution in [-0.4, -0.2) is 46.4 Å². The van der Waals surface area contributed by atoms with Crippen LogP contribution in [-0.2, 0) is 16.1 Å². The van der Waals surface area contributed by atoms with Crippen LogP contribution in [0.4, 0.5) is 5.82 Å². The van der Waals surface area contributed by atoms with Gasteiger partial charge in [0.1, 0.15) is 5.82 Å². The lowest BCUT2D eigenvalue weighted by molar-refractivity contribution is -0.0137. The molecule has 2 aliphatic heterocycles. The zero-order valence-corrected chi connectivity index (χ0v) is 13.7. The quantitative estimate of drug-likeness (QED) is 0.858. The number of nitrogens with zero attached hydrogens (tertiary/aromatic N) is 4. The molecule has 2 aromatic heterocycles. The summed E-state index contributed by atoms with van der Waals surface area (Å²) >= 11 is 0. The Balaban J connectivity index is 1.36. The van der Waals surface area contributed by atoms with Crippen LogP contribution >= 0.6 is 0 Å². The SMILES string of the molecule is c1cncc(CO[C@H]2CO[C@]3(CCCN(c4cnccn4)C3)C2)c1. The number of hydrogen-bond donors (Lipinski definition) is 0. The molecule has 2 saturated heterocycles. The van der Waals surface area contributed by atoms with Crippen LogP contribution in [0, 0.1) is 0 Å². The zero-order chi connectivity index (χ0) is 16.2. The molecule has 4 heterocycles. The van der Waals surface area contributed by atoms with Crippen molar-refractivity contribution in [2.75, 3.05) is 24.6 Å². The Morgan fingerprint density at radius 1 is 1.25 bits per heavy atom. The Bertz CT molecular complexity index is 655. The molecule has 2 aliphatic rings.